The van der Waals surface area contributed by atoms with Gasteiger partial charge in [0.25, 0.3) is 5.91 Å². The smallest absolute Gasteiger partial charge is 0.481 e. The van der Waals surface area contributed by atoms with E-state index < -0.39 is 64.8 Å². The van der Waals surface area contributed by atoms with E-state index in [1.165, 1.54) is 59.4 Å². The maximum absolute atomic E-state index is 13.2. The van der Waals surface area contributed by atoms with Crippen LogP contribution in [0.3, 0.4) is 0 Å². The van der Waals surface area contributed by atoms with E-state index in [0.29, 0.717) is 16.5 Å². The molecule has 0 spiro atoms. The van der Waals surface area contributed by atoms with Crippen molar-refractivity contribution in [2.45, 2.75) is 24.5 Å². The van der Waals surface area contributed by atoms with Gasteiger partial charge in [0, 0.05) is 47.3 Å². The summed E-state index contributed by atoms with van der Waals surface area (Å²) in [7, 11) is -10.9. The first-order valence-electron chi connectivity index (χ1n) is 17.2. The third-order valence-corrected chi connectivity index (χ3v) is 11.1. The summed E-state index contributed by atoms with van der Waals surface area (Å²) in [6.45, 7) is -1.52. The molecule has 3 aliphatic rings. The lowest BCUT2D eigenvalue weighted by molar-refractivity contribution is -0.0508. The minimum atomic E-state index is -5.50. The van der Waals surface area contributed by atoms with Gasteiger partial charge in [-0.25, -0.2) is 33.7 Å². The van der Waals surface area contributed by atoms with Gasteiger partial charge in [0.2, 0.25) is 0 Å². The molecule has 4 aromatic rings. The van der Waals surface area contributed by atoms with Crippen molar-refractivity contribution in [3.8, 4) is 28.2 Å². The number of hydrogen-bond donors (Lipinski definition) is 9. The zero-order valence-electron chi connectivity index (χ0n) is 30.2. The second-order valence-corrected chi connectivity index (χ2v) is 15.7. The fraction of sp³-hybridized carbons (Fsp3) is 0.206. The summed E-state index contributed by atoms with van der Waals surface area (Å²) in [4.78, 5) is 90.4. The largest absolute Gasteiger partial charge is 0.508 e. The number of hydrogen-bond acceptors (Lipinski definition) is 17. The number of carboxylic acid groups (broad SMARTS) is 1. The number of nitrogens with zero attached hydrogens (tertiary/aromatic N) is 4. The summed E-state index contributed by atoms with van der Waals surface area (Å²) in [6.07, 6.45) is -5.35. The van der Waals surface area contributed by atoms with Gasteiger partial charge in [-0.2, -0.15) is 4.31 Å². The molecule has 1 saturated heterocycles. The summed E-state index contributed by atoms with van der Waals surface area (Å²) in [5.41, 5.74) is 6.42. The lowest BCUT2D eigenvalue weighted by Gasteiger charge is -2.21. The van der Waals surface area contributed by atoms with Crippen LogP contribution in [0.1, 0.15) is 26.9 Å². The Bertz CT molecular complexity index is 2790. The number of fused-ring (bicyclic) bond motifs is 3. The van der Waals surface area contributed by atoms with E-state index in [1.54, 1.807) is 0 Å². The Balaban J connectivity index is 1.03. The maximum Gasteiger partial charge on any atom is 0.481 e. The van der Waals surface area contributed by atoms with Gasteiger partial charge in [-0.3, -0.25) is 18.7 Å². The van der Waals surface area contributed by atoms with Crippen molar-refractivity contribution in [3.63, 3.8) is 0 Å². The number of nitrogens with two attached hydrogens (primary N) is 1. The topological polar surface area (TPSA) is 368 Å². The average molecular weight is 872 g/mol. The summed E-state index contributed by atoms with van der Waals surface area (Å²) in [6, 6.07) is 12.1. The lowest BCUT2D eigenvalue weighted by atomic mass is 9.90. The van der Waals surface area contributed by atoms with E-state index in [4.69, 9.17) is 29.4 Å². The van der Waals surface area contributed by atoms with Crippen LogP contribution in [0, 0.1) is 0 Å². The Morgan fingerprint density at radius 1 is 0.950 bits per heavy atom. The Kier molecular flexibility index (Phi) is 11.4. The number of aromatic hydroxyl groups is 1. The summed E-state index contributed by atoms with van der Waals surface area (Å²) >= 11 is 0. The number of anilines is 1. The second kappa shape index (κ2) is 16.4. The minimum Gasteiger partial charge on any atom is -0.508 e. The molecule has 7 rings (SSSR count). The molecule has 4 heterocycles. The van der Waals surface area contributed by atoms with Crippen molar-refractivity contribution in [3.05, 3.63) is 88.6 Å². The number of alkyl carbamates (subject to hydrolysis) is 1. The molecule has 5 atom stereocenters. The number of phosphoric acid groups is 2. The molecule has 26 heteroatoms. The zero-order valence-corrected chi connectivity index (χ0v) is 32.0. The maximum atomic E-state index is 13.2. The van der Waals surface area contributed by atoms with Crippen molar-refractivity contribution in [1.29, 1.82) is 0 Å². The molecular formula is C34H31N7O17P2. The van der Waals surface area contributed by atoms with Crippen LogP contribution < -0.4 is 21.8 Å². The average Bonchev–Trinajstić information content (AvgIpc) is 3.74. The highest BCUT2D eigenvalue weighted by Gasteiger charge is 2.49. The number of ether oxygens (including phenoxy) is 2. The number of phenolic OH excluding ortho intramolecular Hbond substituents is 1. The van der Waals surface area contributed by atoms with E-state index in [1.807, 2.05) is 0 Å². The third-order valence-electron chi connectivity index (χ3n) is 8.96. The highest BCUT2D eigenvalue weighted by Crippen LogP contribution is 2.58. The summed E-state index contributed by atoms with van der Waals surface area (Å²) in [5.74, 6) is -2.14. The Morgan fingerprint density at radius 3 is 2.45 bits per heavy atom. The van der Waals surface area contributed by atoms with E-state index in [-0.39, 0.29) is 69.3 Å². The third kappa shape index (κ3) is 8.82. The highest BCUT2D eigenvalue weighted by molar-refractivity contribution is 7.60. The number of phenols is 1. The van der Waals surface area contributed by atoms with E-state index in [0.717, 1.165) is 12.4 Å². The fourth-order valence-corrected chi connectivity index (χ4v) is 8.05. The molecule has 0 bridgehead atoms. The van der Waals surface area contributed by atoms with Crippen LogP contribution in [0.2, 0.25) is 0 Å². The van der Waals surface area contributed by atoms with Crippen molar-refractivity contribution in [2.75, 3.05) is 25.4 Å². The Hall–Kier alpha value is -6.33. The number of phosphoric ester groups is 1. The van der Waals surface area contributed by atoms with Gasteiger partial charge < -0.3 is 60.3 Å². The second-order valence-electron chi connectivity index (χ2n) is 12.9. The van der Waals surface area contributed by atoms with Gasteiger partial charge in [0.15, 0.2) is 29.2 Å². The number of carbonyl (C=O) groups excluding carboxylic acids is 2. The number of imidazole rings is 1. The quantitative estimate of drug-likeness (QED) is 0.0453. The first-order chi connectivity index (χ1) is 28.4. The molecule has 2 aromatic heterocycles. The molecule has 2 amide bonds. The van der Waals surface area contributed by atoms with Crippen LogP contribution in [0.5, 0.6) is 5.75 Å². The highest BCUT2D eigenvalue weighted by atomic mass is 31.3. The van der Waals surface area contributed by atoms with Gasteiger partial charge in [-0.05, 0) is 42.0 Å². The van der Waals surface area contributed by atoms with Gasteiger partial charge in [-0.15, -0.1) is 0 Å². The summed E-state index contributed by atoms with van der Waals surface area (Å²) < 4.78 is 49.9. The SMILES string of the molecule is Nc1ncnc2c1ncn2[C@@H]1O[C@H](COP(=O)(O)OP(=O)(O)O)[C@@H](OC(=O)NCCNC(=O)c2ccc(-c3c4ccc(=O)cc-4oc4cc(O)ccc34)c(C(=O)O)c2)[C@H]1O. The lowest BCUT2D eigenvalue weighted by Crippen LogP contribution is -2.42. The normalized spacial score (nSPS) is 19.0. The van der Waals surface area contributed by atoms with Crippen molar-refractivity contribution in [2.24, 2.45) is 0 Å². The number of amides is 2. The predicted octanol–water partition coefficient (Wildman–Crippen LogP) is 1.70. The number of carboxylic acids is 1. The number of aliphatic hydroxyl groups excluding tert-OH is 1. The predicted molar refractivity (Wildman–Crippen MR) is 202 cm³/mol. The van der Waals surface area contributed by atoms with Crippen LogP contribution in [0.4, 0.5) is 10.6 Å². The number of aliphatic hydroxyl groups is 1. The number of benzene rings is 3. The number of aromatic carboxylic acids is 1. The Morgan fingerprint density at radius 2 is 1.70 bits per heavy atom. The van der Waals surface area contributed by atoms with Crippen LogP contribution in [0.15, 0.2) is 76.5 Å². The number of aromatic nitrogens is 4. The zero-order chi connectivity index (χ0) is 43.1. The molecule has 1 unspecified atom stereocenters. The fourth-order valence-electron chi connectivity index (χ4n) is 6.45. The van der Waals surface area contributed by atoms with Crippen LogP contribution >= 0.6 is 15.6 Å². The van der Waals surface area contributed by atoms with Gasteiger partial charge in [-0.1, -0.05) is 6.07 Å². The van der Waals surface area contributed by atoms with Crippen molar-refractivity contribution in [1.82, 2.24) is 30.2 Å². The van der Waals surface area contributed by atoms with Gasteiger partial charge >= 0.3 is 27.7 Å². The molecule has 24 nitrogen and oxygen atoms in total. The van der Waals surface area contributed by atoms with Crippen LogP contribution in [-0.2, 0) is 27.4 Å². The van der Waals surface area contributed by atoms with E-state index >= 15 is 0 Å². The molecule has 1 aliphatic carbocycles. The number of carbonyl (C=O) groups is 3. The molecular weight excluding hydrogens is 840 g/mol. The monoisotopic (exact) mass is 871 g/mol. The van der Waals surface area contributed by atoms with E-state index in [9.17, 15) is 48.5 Å². The number of nitrogens with one attached hydrogen (secondary N) is 2. The molecule has 0 radical (unpaired) electrons. The van der Waals surface area contributed by atoms with Crippen molar-refractivity contribution >= 4 is 61.6 Å². The summed E-state index contributed by atoms with van der Waals surface area (Å²) in [5, 5.41) is 36.8. The first kappa shape index (κ1) is 41.8. The van der Waals surface area contributed by atoms with E-state index in [2.05, 4.69) is 34.4 Å². The molecule has 1 fully saturated rings. The van der Waals surface area contributed by atoms with Gasteiger partial charge in [0.1, 0.15) is 41.1 Å². The molecule has 10 N–H and O–H groups in total. The van der Waals surface area contributed by atoms with Crippen LogP contribution in [-0.4, -0.2) is 105 Å². The standard InChI is InChI=1S/C34H31N7O17P2/c35-29-26-30(39-13-38-29)41(14-40-26)32-27(44)28(24(56-32)12-54-60(52,53)58-59(49,50)51)57-34(48)37-8-7-36-31(45)15-1-4-18(21(9-15)33(46)47)25-19-5-2-16(42)10-22(19)55-23-11-17(43)3-6-20(23)25/h1-6,9-11,13-14,24,27-28,32,42,44H,7-8,12H2,(H,36,45)(H,37,48)(H,46,47)(H,52,53)(H2,35,38,39)(H2,49,50,51)/t24-,27-,28-,32-/m1/s1. The number of rotatable bonds is 13. The molecule has 60 heavy (non-hydrogen) atoms. The molecule has 314 valence electrons. The first-order valence-corrected chi connectivity index (χ1v) is 20.2. The van der Waals surface area contributed by atoms with Crippen molar-refractivity contribution < 1.29 is 76.2 Å². The van der Waals surface area contributed by atoms with Crippen LogP contribution in [0.25, 0.3) is 44.6 Å². The molecule has 2 aromatic carbocycles. The molecule has 0 saturated carbocycles. The molecule has 2 aliphatic heterocycles. The minimum absolute atomic E-state index is 0.0185. The number of nitrogen functional groups attached to an aromatic ring is 1. The van der Waals surface area contributed by atoms with Gasteiger partial charge in [0.05, 0.1) is 18.5 Å². The Labute approximate surface area is 334 Å².